The molecule has 1 aliphatic rings. The molecule has 0 atom stereocenters. The van der Waals surface area contributed by atoms with Gasteiger partial charge in [0.25, 0.3) is 0 Å². The first-order chi connectivity index (χ1) is 12.3. The molecule has 1 aromatic heterocycles. The fraction of sp³-hybridized carbons (Fsp3) is 0.368. The van der Waals surface area contributed by atoms with Crippen molar-refractivity contribution in [2.75, 3.05) is 39.3 Å². The molecular formula is C19H25N5O. The van der Waals surface area contributed by atoms with Gasteiger partial charge in [-0.05, 0) is 0 Å². The van der Waals surface area contributed by atoms with E-state index < -0.39 is 0 Å². The lowest BCUT2D eigenvalue weighted by molar-refractivity contribution is 0.137. The van der Waals surface area contributed by atoms with E-state index in [4.69, 9.17) is 0 Å². The van der Waals surface area contributed by atoms with Crippen molar-refractivity contribution < 1.29 is 4.79 Å². The minimum Gasteiger partial charge on any atom is -0.335 e. The third kappa shape index (κ3) is 4.48. The molecule has 0 radical (unpaired) electrons. The van der Waals surface area contributed by atoms with Crippen molar-refractivity contribution in [2.45, 2.75) is 6.54 Å². The number of benzene rings is 1. The lowest BCUT2D eigenvalue weighted by Gasteiger charge is -2.34. The third-order valence-electron chi connectivity index (χ3n) is 4.46. The molecule has 1 saturated heterocycles. The fourth-order valence-electron chi connectivity index (χ4n) is 3.03. The summed E-state index contributed by atoms with van der Waals surface area (Å²) in [6.45, 7) is 9.31. The molecular weight excluding hydrogens is 314 g/mol. The van der Waals surface area contributed by atoms with Crippen LogP contribution in [0, 0.1) is 0 Å². The monoisotopic (exact) mass is 339 g/mol. The van der Waals surface area contributed by atoms with Crippen molar-refractivity contribution in [2.24, 2.45) is 0 Å². The van der Waals surface area contributed by atoms with Crippen LogP contribution in [0.5, 0.6) is 0 Å². The van der Waals surface area contributed by atoms with Crippen molar-refractivity contribution in [1.82, 2.24) is 24.7 Å². The Morgan fingerprint density at radius 3 is 2.64 bits per heavy atom. The van der Waals surface area contributed by atoms with E-state index in [0.29, 0.717) is 6.54 Å². The van der Waals surface area contributed by atoms with Crippen molar-refractivity contribution >= 4 is 6.03 Å². The number of hydrogen-bond acceptors (Lipinski definition) is 3. The second-order valence-corrected chi connectivity index (χ2v) is 6.11. The average Bonchev–Trinajstić information content (AvgIpc) is 3.14. The van der Waals surface area contributed by atoms with Gasteiger partial charge in [-0.3, -0.25) is 4.90 Å². The van der Waals surface area contributed by atoms with E-state index in [0.717, 1.165) is 50.7 Å². The number of nitrogens with one attached hydrogen (secondary N) is 1. The summed E-state index contributed by atoms with van der Waals surface area (Å²) in [4.78, 5) is 20.7. The molecule has 0 spiro atoms. The van der Waals surface area contributed by atoms with Gasteiger partial charge in [-0.2, -0.15) is 0 Å². The molecule has 2 heterocycles. The van der Waals surface area contributed by atoms with Gasteiger partial charge >= 0.3 is 6.03 Å². The second kappa shape index (κ2) is 8.48. The number of nitrogens with zero attached hydrogens (tertiary/aromatic N) is 4. The number of hydrogen-bond donors (Lipinski definition) is 1. The van der Waals surface area contributed by atoms with Gasteiger partial charge in [0.15, 0.2) is 0 Å². The molecule has 1 N–H and O–H groups in total. The predicted octanol–water partition coefficient (Wildman–Crippen LogP) is 2.06. The lowest BCUT2D eigenvalue weighted by atomic mass is 10.2. The maximum Gasteiger partial charge on any atom is 0.317 e. The molecule has 25 heavy (non-hydrogen) atoms. The van der Waals surface area contributed by atoms with E-state index in [1.807, 2.05) is 35.5 Å². The Hall–Kier alpha value is -2.60. The van der Waals surface area contributed by atoms with Crippen molar-refractivity contribution in [3.8, 4) is 11.4 Å². The topological polar surface area (TPSA) is 53.4 Å². The van der Waals surface area contributed by atoms with Crippen molar-refractivity contribution in [3.05, 3.63) is 55.4 Å². The average molecular weight is 339 g/mol. The largest absolute Gasteiger partial charge is 0.335 e. The molecule has 6 nitrogen and oxygen atoms in total. The maximum atomic E-state index is 11.9. The molecule has 1 aliphatic heterocycles. The number of piperazine rings is 1. The number of urea groups is 1. The lowest BCUT2D eigenvalue weighted by Crippen LogP contribution is -2.52. The zero-order valence-electron chi connectivity index (χ0n) is 14.5. The van der Waals surface area contributed by atoms with Crippen LogP contribution in [0.4, 0.5) is 4.79 Å². The van der Waals surface area contributed by atoms with Gasteiger partial charge in [-0.1, -0.05) is 36.4 Å². The van der Waals surface area contributed by atoms with Crippen molar-refractivity contribution in [3.63, 3.8) is 0 Å². The molecule has 0 bridgehead atoms. The minimum absolute atomic E-state index is 0.000485. The standard InChI is InChI=1S/C19H25N5O/c1-2-8-21-19(25)24-15-12-22(13-16-24)11-14-23-10-9-20-18(23)17-6-4-3-5-7-17/h2-7,9-10H,1,8,11-16H2,(H,21,25). The number of rotatable bonds is 6. The Bertz CT molecular complexity index is 689. The molecule has 1 fully saturated rings. The number of carbonyl (C=O) groups is 1. The highest BCUT2D eigenvalue weighted by Crippen LogP contribution is 2.16. The Kier molecular flexibility index (Phi) is 5.85. The van der Waals surface area contributed by atoms with Crippen LogP contribution in [-0.4, -0.2) is 64.7 Å². The quantitative estimate of drug-likeness (QED) is 0.820. The highest BCUT2D eigenvalue weighted by atomic mass is 16.2. The van der Waals surface area contributed by atoms with Gasteiger partial charge in [0.05, 0.1) is 0 Å². The Morgan fingerprint density at radius 1 is 1.16 bits per heavy atom. The summed E-state index contributed by atoms with van der Waals surface area (Å²) in [5, 5.41) is 2.83. The Labute approximate surface area is 148 Å². The van der Waals surface area contributed by atoms with Gasteiger partial charge in [0.1, 0.15) is 5.82 Å². The highest BCUT2D eigenvalue weighted by Gasteiger charge is 2.20. The summed E-state index contributed by atoms with van der Waals surface area (Å²) in [6.07, 6.45) is 5.58. The van der Waals surface area contributed by atoms with Crippen LogP contribution < -0.4 is 5.32 Å². The number of imidazole rings is 1. The van der Waals surface area contributed by atoms with Gasteiger partial charge in [-0.15, -0.1) is 6.58 Å². The van der Waals surface area contributed by atoms with Crippen LogP contribution in [0.25, 0.3) is 11.4 Å². The van der Waals surface area contributed by atoms with Crippen LogP contribution in [0.1, 0.15) is 0 Å². The summed E-state index contributed by atoms with van der Waals surface area (Å²) >= 11 is 0. The van der Waals surface area contributed by atoms with Crippen LogP contribution in [0.3, 0.4) is 0 Å². The molecule has 0 saturated carbocycles. The zero-order chi connectivity index (χ0) is 17.5. The van der Waals surface area contributed by atoms with Crippen LogP contribution in [0.15, 0.2) is 55.4 Å². The number of amides is 2. The molecule has 132 valence electrons. The van der Waals surface area contributed by atoms with Crippen LogP contribution >= 0.6 is 0 Å². The molecule has 2 aromatic rings. The SMILES string of the molecule is C=CCNC(=O)N1CCN(CCn2ccnc2-c2ccccc2)CC1. The molecule has 0 unspecified atom stereocenters. The van der Waals surface area contributed by atoms with E-state index >= 15 is 0 Å². The van der Waals surface area contributed by atoms with E-state index in [-0.39, 0.29) is 6.03 Å². The van der Waals surface area contributed by atoms with Gasteiger partial charge < -0.3 is 14.8 Å². The summed E-state index contributed by atoms with van der Waals surface area (Å²) in [5.41, 5.74) is 1.14. The molecule has 0 aliphatic carbocycles. The second-order valence-electron chi connectivity index (χ2n) is 6.11. The third-order valence-corrected chi connectivity index (χ3v) is 4.46. The summed E-state index contributed by atoms with van der Waals surface area (Å²) in [6, 6.07) is 10.2. The summed E-state index contributed by atoms with van der Waals surface area (Å²) in [7, 11) is 0. The van der Waals surface area contributed by atoms with Crippen LogP contribution in [-0.2, 0) is 6.54 Å². The van der Waals surface area contributed by atoms with Crippen molar-refractivity contribution in [1.29, 1.82) is 0 Å². The molecule has 1 aromatic carbocycles. The van der Waals surface area contributed by atoms with E-state index in [2.05, 4.69) is 38.5 Å². The summed E-state index contributed by atoms with van der Waals surface area (Å²) < 4.78 is 2.19. The van der Waals surface area contributed by atoms with E-state index in [9.17, 15) is 4.79 Å². The predicted molar refractivity (Wildman–Crippen MR) is 99.3 cm³/mol. The molecule has 6 heteroatoms. The smallest absolute Gasteiger partial charge is 0.317 e. The highest BCUT2D eigenvalue weighted by molar-refractivity contribution is 5.74. The Balaban J connectivity index is 1.49. The minimum atomic E-state index is 0.000485. The van der Waals surface area contributed by atoms with E-state index in [1.165, 1.54) is 0 Å². The zero-order valence-corrected chi connectivity index (χ0v) is 14.5. The molecule has 3 rings (SSSR count). The van der Waals surface area contributed by atoms with Gasteiger partial charge in [0, 0.05) is 63.8 Å². The first-order valence-corrected chi connectivity index (χ1v) is 8.70. The van der Waals surface area contributed by atoms with Gasteiger partial charge in [0.2, 0.25) is 0 Å². The van der Waals surface area contributed by atoms with E-state index in [1.54, 1.807) is 6.08 Å². The maximum absolute atomic E-state index is 11.9. The van der Waals surface area contributed by atoms with Crippen LogP contribution in [0.2, 0.25) is 0 Å². The number of aromatic nitrogens is 2. The summed E-state index contributed by atoms with van der Waals surface area (Å²) in [5.74, 6) is 1.00. The fourth-order valence-corrected chi connectivity index (χ4v) is 3.03. The first kappa shape index (κ1) is 17.2. The van der Waals surface area contributed by atoms with Gasteiger partial charge in [-0.25, -0.2) is 9.78 Å². The number of carbonyl (C=O) groups excluding carboxylic acids is 1. The first-order valence-electron chi connectivity index (χ1n) is 8.70. The molecule has 2 amide bonds. The normalized spacial score (nSPS) is 15.1. The Morgan fingerprint density at radius 2 is 1.92 bits per heavy atom.